The van der Waals surface area contributed by atoms with E-state index in [-0.39, 0.29) is 11.2 Å². The number of aliphatic hydroxyl groups is 1. The van der Waals surface area contributed by atoms with Gasteiger partial charge in [-0.1, -0.05) is 19.8 Å². The molecular weight excluding hydrogens is 238 g/mol. The van der Waals surface area contributed by atoms with E-state index in [2.05, 4.69) is 17.9 Å². The lowest BCUT2D eigenvalue weighted by molar-refractivity contribution is -0.142. The van der Waals surface area contributed by atoms with Crippen molar-refractivity contribution in [3.63, 3.8) is 0 Å². The Labute approximate surface area is 109 Å². The van der Waals surface area contributed by atoms with Gasteiger partial charge in [-0.15, -0.1) is 0 Å². The van der Waals surface area contributed by atoms with Gasteiger partial charge < -0.3 is 10.2 Å². The topological polar surface area (TPSA) is 69.6 Å². The van der Waals surface area contributed by atoms with Gasteiger partial charge in [-0.2, -0.15) is 12.6 Å². The van der Waals surface area contributed by atoms with Crippen molar-refractivity contribution in [2.75, 3.05) is 6.54 Å². The van der Waals surface area contributed by atoms with Crippen LogP contribution in [0.4, 0.5) is 0 Å². The number of hydrogen-bond acceptors (Lipinski definition) is 4. The average molecular weight is 263 g/mol. The van der Waals surface area contributed by atoms with E-state index in [4.69, 9.17) is 5.11 Å². The van der Waals surface area contributed by atoms with E-state index in [1.54, 1.807) is 0 Å². The van der Waals surface area contributed by atoms with Crippen LogP contribution in [-0.4, -0.2) is 34.2 Å². The fraction of sp³-hybridized carbons (Fsp3) is 0.917. The van der Waals surface area contributed by atoms with E-state index in [1.165, 1.54) is 0 Å². The fourth-order valence-corrected chi connectivity index (χ4v) is 1.78. The number of thiol groups is 1. The first-order chi connectivity index (χ1) is 7.99. The van der Waals surface area contributed by atoms with Gasteiger partial charge in [-0.25, -0.2) is 0 Å². The standard InChI is InChI=1S/C12H25NO3S/c1-3-6-10(12(15)16)7-4-5-8-13-11(14)9(2)17/h9-11,13-14,17H,3-8H2,1-2H3,(H,15,16)/t9?,10?,11-/m1/s1. The average Bonchev–Trinajstić information content (AvgIpc) is 2.26. The summed E-state index contributed by atoms with van der Waals surface area (Å²) in [6.45, 7) is 4.52. The number of unbranched alkanes of at least 4 members (excludes halogenated alkanes) is 1. The Balaban J connectivity index is 3.58. The Hall–Kier alpha value is -0.260. The summed E-state index contributed by atoms with van der Waals surface area (Å²) < 4.78 is 0. The normalized spacial score (nSPS) is 16.5. The van der Waals surface area contributed by atoms with Crippen molar-refractivity contribution < 1.29 is 15.0 Å². The predicted octanol–water partition coefficient (Wildman–Crippen LogP) is 1.88. The molecule has 0 rings (SSSR count). The second kappa shape index (κ2) is 9.74. The number of carboxylic acids is 1. The maximum atomic E-state index is 10.9. The third-order valence-corrected chi connectivity index (χ3v) is 3.06. The zero-order valence-electron chi connectivity index (χ0n) is 10.7. The molecule has 0 bridgehead atoms. The van der Waals surface area contributed by atoms with Crippen LogP contribution < -0.4 is 5.32 Å². The molecule has 0 saturated heterocycles. The summed E-state index contributed by atoms with van der Waals surface area (Å²) in [7, 11) is 0. The summed E-state index contributed by atoms with van der Waals surface area (Å²) in [5.74, 6) is -0.905. The second-order valence-corrected chi connectivity index (χ2v) is 5.27. The molecule has 2 unspecified atom stereocenters. The molecule has 0 aromatic heterocycles. The molecule has 0 saturated carbocycles. The lowest BCUT2D eigenvalue weighted by atomic mass is 9.97. The molecule has 0 radical (unpaired) electrons. The molecule has 0 fully saturated rings. The van der Waals surface area contributed by atoms with Gasteiger partial charge in [0.2, 0.25) is 0 Å². The molecule has 0 aromatic carbocycles. The van der Waals surface area contributed by atoms with E-state index in [1.807, 2.05) is 13.8 Å². The monoisotopic (exact) mass is 263 g/mol. The number of carboxylic acid groups (broad SMARTS) is 1. The van der Waals surface area contributed by atoms with E-state index < -0.39 is 12.2 Å². The Morgan fingerprint density at radius 1 is 1.35 bits per heavy atom. The third-order valence-electron chi connectivity index (χ3n) is 2.78. The first-order valence-corrected chi connectivity index (χ1v) is 6.83. The SMILES string of the molecule is CCCC(CCCCN[C@H](O)C(C)S)C(=O)O. The minimum atomic E-state index is -0.691. The molecule has 3 N–H and O–H groups in total. The number of hydrogen-bond donors (Lipinski definition) is 4. The molecule has 0 heterocycles. The van der Waals surface area contributed by atoms with Crippen LogP contribution in [0, 0.1) is 5.92 Å². The van der Waals surface area contributed by atoms with Gasteiger partial charge in [-0.05, 0) is 32.7 Å². The van der Waals surface area contributed by atoms with Gasteiger partial charge in [0.15, 0.2) is 0 Å². The first kappa shape index (κ1) is 16.7. The fourth-order valence-electron chi connectivity index (χ4n) is 1.68. The maximum absolute atomic E-state index is 10.9. The summed E-state index contributed by atoms with van der Waals surface area (Å²) in [4.78, 5) is 10.9. The van der Waals surface area contributed by atoms with Crippen LogP contribution in [0.15, 0.2) is 0 Å². The van der Waals surface area contributed by atoms with Gasteiger partial charge in [0.05, 0.1) is 5.92 Å². The molecule has 0 aromatic rings. The first-order valence-electron chi connectivity index (χ1n) is 6.31. The van der Waals surface area contributed by atoms with Crippen molar-refractivity contribution in [2.24, 2.45) is 5.92 Å². The van der Waals surface area contributed by atoms with Gasteiger partial charge in [0.25, 0.3) is 0 Å². The number of aliphatic hydroxyl groups excluding tert-OH is 1. The van der Waals surface area contributed by atoms with Crippen LogP contribution in [0.5, 0.6) is 0 Å². The molecule has 0 amide bonds. The van der Waals surface area contributed by atoms with E-state index in [0.717, 1.165) is 32.1 Å². The lowest BCUT2D eigenvalue weighted by Gasteiger charge is -2.16. The third kappa shape index (κ3) is 8.46. The number of carbonyl (C=O) groups is 1. The van der Waals surface area contributed by atoms with Crippen LogP contribution >= 0.6 is 12.6 Å². The number of nitrogens with one attached hydrogen (secondary N) is 1. The highest BCUT2D eigenvalue weighted by Crippen LogP contribution is 2.14. The molecule has 3 atom stereocenters. The van der Waals surface area contributed by atoms with Crippen molar-refractivity contribution in [3.05, 3.63) is 0 Å². The molecule has 102 valence electrons. The molecule has 0 aliphatic carbocycles. The number of aliphatic carboxylic acids is 1. The molecule has 0 aliphatic rings. The van der Waals surface area contributed by atoms with Gasteiger partial charge >= 0.3 is 5.97 Å². The van der Waals surface area contributed by atoms with Crippen LogP contribution in [0.1, 0.15) is 46.0 Å². The summed E-state index contributed by atoms with van der Waals surface area (Å²) in [5.41, 5.74) is 0. The minimum absolute atomic E-state index is 0.0955. The Morgan fingerprint density at radius 3 is 2.47 bits per heavy atom. The highest BCUT2D eigenvalue weighted by molar-refractivity contribution is 7.81. The maximum Gasteiger partial charge on any atom is 0.306 e. The van der Waals surface area contributed by atoms with Crippen LogP contribution in [0.25, 0.3) is 0 Å². The largest absolute Gasteiger partial charge is 0.481 e. The summed E-state index contributed by atoms with van der Waals surface area (Å²) in [6.07, 6.45) is 3.54. The highest BCUT2D eigenvalue weighted by Gasteiger charge is 2.15. The van der Waals surface area contributed by atoms with Gasteiger partial charge in [0.1, 0.15) is 6.23 Å². The van der Waals surface area contributed by atoms with Gasteiger partial charge in [0, 0.05) is 5.25 Å². The van der Waals surface area contributed by atoms with Crippen molar-refractivity contribution in [1.82, 2.24) is 5.32 Å². The summed E-state index contributed by atoms with van der Waals surface area (Å²) in [6, 6.07) is 0. The molecule has 4 nitrogen and oxygen atoms in total. The van der Waals surface area contributed by atoms with Crippen molar-refractivity contribution in [1.29, 1.82) is 0 Å². The predicted molar refractivity (Wildman–Crippen MR) is 72.3 cm³/mol. The second-order valence-electron chi connectivity index (χ2n) is 4.46. The van der Waals surface area contributed by atoms with Gasteiger partial charge in [-0.3, -0.25) is 10.1 Å². The van der Waals surface area contributed by atoms with Crippen LogP contribution in [-0.2, 0) is 4.79 Å². The Kier molecular flexibility index (Phi) is 9.59. The zero-order chi connectivity index (χ0) is 13.3. The lowest BCUT2D eigenvalue weighted by Crippen LogP contribution is -2.36. The quantitative estimate of drug-likeness (QED) is 0.276. The summed E-state index contributed by atoms with van der Waals surface area (Å²) in [5, 5.41) is 21.2. The van der Waals surface area contributed by atoms with Crippen molar-refractivity contribution in [2.45, 2.75) is 57.4 Å². The summed E-state index contributed by atoms with van der Waals surface area (Å²) >= 11 is 4.12. The molecular formula is C12H25NO3S. The highest BCUT2D eigenvalue weighted by atomic mass is 32.1. The van der Waals surface area contributed by atoms with E-state index in [9.17, 15) is 9.90 Å². The van der Waals surface area contributed by atoms with E-state index in [0.29, 0.717) is 6.54 Å². The van der Waals surface area contributed by atoms with Crippen molar-refractivity contribution >= 4 is 18.6 Å². The molecule has 17 heavy (non-hydrogen) atoms. The smallest absolute Gasteiger partial charge is 0.306 e. The molecule has 5 heteroatoms. The van der Waals surface area contributed by atoms with Crippen molar-refractivity contribution in [3.8, 4) is 0 Å². The van der Waals surface area contributed by atoms with Crippen LogP contribution in [0.2, 0.25) is 0 Å². The molecule has 0 aliphatic heterocycles. The molecule has 0 spiro atoms. The zero-order valence-corrected chi connectivity index (χ0v) is 11.6. The number of rotatable bonds is 10. The Morgan fingerprint density at radius 2 is 2.00 bits per heavy atom. The van der Waals surface area contributed by atoms with E-state index >= 15 is 0 Å². The van der Waals surface area contributed by atoms with Crippen LogP contribution in [0.3, 0.4) is 0 Å². The Bertz CT molecular complexity index is 212. The minimum Gasteiger partial charge on any atom is -0.481 e.